The molecule has 1 heterocycles. The van der Waals surface area contributed by atoms with E-state index in [1.165, 1.54) is 28.6 Å². The first kappa shape index (κ1) is 23.1. The third kappa shape index (κ3) is 4.85. The molecule has 8 nitrogen and oxygen atoms in total. The number of nitrogens with one attached hydrogen (secondary N) is 1. The number of hydrogen-bond acceptors (Lipinski definition) is 5. The average molecular weight is 484 g/mol. The number of fused-ring (bicyclic) bond motifs is 1. The van der Waals surface area contributed by atoms with Crippen molar-refractivity contribution in [3.05, 3.63) is 59.9 Å². The monoisotopic (exact) mass is 483 g/mol. The molecule has 1 aromatic heterocycles. The standard InChI is InChI=1S/C20H19Cl2N3O5S/c21-9-11-25(12-10-22)31(28,29)14-7-5-13(6-8-14)20(27)24-17-15-3-1-2-4-16(15)30-18(17)19(23)26/h1-8H,9-12H2,(H2,23,26)(H,24,27). The first-order chi connectivity index (χ1) is 14.8. The van der Waals surface area contributed by atoms with Gasteiger partial charge in [-0.15, -0.1) is 23.2 Å². The number of alkyl halides is 2. The highest BCUT2D eigenvalue weighted by atomic mass is 35.5. The minimum absolute atomic E-state index is 0.00543. The van der Waals surface area contributed by atoms with E-state index in [2.05, 4.69) is 5.32 Å². The lowest BCUT2D eigenvalue weighted by Crippen LogP contribution is -2.34. The summed E-state index contributed by atoms with van der Waals surface area (Å²) in [7, 11) is -3.81. The predicted octanol–water partition coefficient (Wildman–Crippen LogP) is 3.25. The molecule has 0 atom stereocenters. The summed E-state index contributed by atoms with van der Waals surface area (Å²) in [5, 5.41) is 3.14. The van der Waals surface area contributed by atoms with Gasteiger partial charge in [-0.2, -0.15) is 4.31 Å². The number of para-hydroxylation sites is 1. The van der Waals surface area contributed by atoms with Crippen LogP contribution in [0.5, 0.6) is 0 Å². The van der Waals surface area contributed by atoms with Crippen LogP contribution in [-0.2, 0) is 10.0 Å². The number of anilines is 1. The molecule has 11 heteroatoms. The lowest BCUT2D eigenvalue weighted by Gasteiger charge is -2.20. The van der Waals surface area contributed by atoms with Crippen LogP contribution in [0.4, 0.5) is 5.69 Å². The van der Waals surface area contributed by atoms with Crippen molar-refractivity contribution in [2.45, 2.75) is 4.90 Å². The zero-order chi connectivity index (χ0) is 22.6. The maximum Gasteiger partial charge on any atom is 0.286 e. The number of hydrogen-bond donors (Lipinski definition) is 2. The maximum absolute atomic E-state index is 12.8. The number of rotatable bonds is 9. The van der Waals surface area contributed by atoms with Crippen LogP contribution >= 0.6 is 23.2 Å². The van der Waals surface area contributed by atoms with Crippen LogP contribution in [0, 0.1) is 0 Å². The SMILES string of the molecule is NC(=O)c1oc2ccccc2c1NC(=O)c1ccc(S(=O)(=O)N(CCCl)CCCl)cc1. The Hall–Kier alpha value is -2.59. The van der Waals surface area contributed by atoms with E-state index in [0.29, 0.717) is 11.0 Å². The molecule has 0 saturated carbocycles. The van der Waals surface area contributed by atoms with Gasteiger partial charge in [-0.3, -0.25) is 9.59 Å². The summed E-state index contributed by atoms with van der Waals surface area (Å²) in [5.41, 5.74) is 6.09. The molecule has 0 unspecified atom stereocenters. The van der Waals surface area contributed by atoms with Gasteiger partial charge in [0.15, 0.2) is 0 Å². The van der Waals surface area contributed by atoms with Crippen LogP contribution < -0.4 is 11.1 Å². The van der Waals surface area contributed by atoms with E-state index < -0.39 is 21.8 Å². The van der Waals surface area contributed by atoms with E-state index in [1.54, 1.807) is 24.3 Å². The number of primary amides is 1. The lowest BCUT2D eigenvalue weighted by atomic mass is 10.2. The minimum atomic E-state index is -3.81. The molecule has 3 N–H and O–H groups in total. The number of nitrogens with two attached hydrogens (primary N) is 1. The normalized spacial score (nSPS) is 11.7. The smallest absolute Gasteiger partial charge is 0.286 e. The van der Waals surface area contributed by atoms with E-state index in [1.807, 2.05) is 0 Å². The highest BCUT2D eigenvalue weighted by molar-refractivity contribution is 7.89. The summed E-state index contributed by atoms with van der Waals surface area (Å²) in [4.78, 5) is 24.5. The first-order valence-electron chi connectivity index (χ1n) is 9.14. The molecular weight excluding hydrogens is 465 g/mol. The Labute approximate surface area is 188 Å². The molecular formula is C20H19Cl2N3O5S. The number of carbonyl (C=O) groups is 2. The Kier molecular flexibility index (Phi) is 7.22. The van der Waals surface area contributed by atoms with E-state index in [0.717, 1.165) is 0 Å². The van der Waals surface area contributed by atoms with Crippen LogP contribution in [0.15, 0.2) is 57.8 Å². The molecule has 0 fully saturated rings. The van der Waals surface area contributed by atoms with Gasteiger partial charge in [0.1, 0.15) is 11.3 Å². The maximum atomic E-state index is 12.8. The van der Waals surface area contributed by atoms with Crippen molar-refractivity contribution in [2.75, 3.05) is 30.2 Å². The molecule has 2 aromatic carbocycles. The van der Waals surface area contributed by atoms with E-state index in [-0.39, 0.29) is 46.8 Å². The zero-order valence-corrected chi connectivity index (χ0v) is 18.5. The average Bonchev–Trinajstić information content (AvgIpc) is 3.12. The van der Waals surface area contributed by atoms with Gasteiger partial charge in [0.25, 0.3) is 11.8 Å². The second-order valence-electron chi connectivity index (χ2n) is 6.43. The predicted molar refractivity (Wildman–Crippen MR) is 119 cm³/mol. The largest absolute Gasteiger partial charge is 0.449 e. The molecule has 0 bridgehead atoms. The van der Waals surface area contributed by atoms with E-state index in [4.69, 9.17) is 33.4 Å². The molecule has 0 aliphatic rings. The van der Waals surface area contributed by atoms with Crippen LogP contribution in [0.1, 0.15) is 20.9 Å². The lowest BCUT2D eigenvalue weighted by molar-refractivity contribution is 0.0977. The van der Waals surface area contributed by atoms with E-state index in [9.17, 15) is 18.0 Å². The van der Waals surface area contributed by atoms with Gasteiger partial charge in [0, 0.05) is 35.8 Å². The molecule has 3 rings (SSSR count). The van der Waals surface area contributed by atoms with Gasteiger partial charge in [-0.1, -0.05) is 12.1 Å². The van der Waals surface area contributed by atoms with Crippen molar-refractivity contribution in [3.63, 3.8) is 0 Å². The zero-order valence-electron chi connectivity index (χ0n) is 16.2. The minimum Gasteiger partial charge on any atom is -0.449 e. The van der Waals surface area contributed by atoms with Gasteiger partial charge < -0.3 is 15.5 Å². The number of amides is 2. The van der Waals surface area contributed by atoms with Crippen molar-refractivity contribution < 1.29 is 22.4 Å². The third-order valence-corrected chi connectivity index (χ3v) is 6.73. The molecule has 0 saturated heterocycles. The van der Waals surface area contributed by atoms with Crippen LogP contribution in [-0.4, -0.2) is 49.4 Å². The van der Waals surface area contributed by atoms with Crippen LogP contribution in [0.25, 0.3) is 11.0 Å². The Morgan fingerprint density at radius 1 is 1.00 bits per heavy atom. The Bertz CT molecular complexity index is 1200. The molecule has 0 spiro atoms. The summed E-state index contributed by atoms with van der Waals surface area (Å²) >= 11 is 11.4. The van der Waals surface area contributed by atoms with Crippen molar-refractivity contribution in [2.24, 2.45) is 5.73 Å². The van der Waals surface area contributed by atoms with Crippen molar-refractivity contribution in [3.8, 4) is 0 Å². The van der Waals surface area contributed by atoms with Crippen molar-refractivity contribution in [1.82, 2.24) is 4.31 Å². The van der Waals surface area contributed by atoms with E-state index >= 15 is 0 Å². The summed E-state index contributed by atoms with van der Waals surface area (Å²) < 4.78 is 32.1. The Balaban J connectivity index is 1.87. The highest BCUT2D eigenvalue weighted by Crippen LogP contribution is 2.31. The van der Waals surface area contributed by atoms with Crippen LogP contribution in [0.2, 0.25) is 0 Å². The number of carbonyl (C=O) groups excluding carboxylic acids is 2. The summed E-state index contributed by atoms with van der Waals surface area (Å²) in [6.45, 7) is 0.227. The van der Waals surface area contributed by atoms with Gasteiger partial charge in [0.2, 0.25) is 15.8 Å². The van der Waals surface area contributed by atoms with Gasteiger partial charge in [-0.05, 0) is 36.4 Å². The molecule has 0 radical (unpaired) electrons. The number of benzene rings is 2. The summed E-state index contributed by atoms with van der Waals surface area (Å²) in [6, 6.07) is 12.2. The van der Waals surface area contributed by atoms with Gasteiger partial charge in [-0.25, -0.2) is 8.42 Å². The quantitative estimate of drug-likeness (QED) is 0.452. The molecule has 3 aromatic rings. The number of nitrogens with zero attached hydrogens (tertiary/aromatic N) is 1. The Morgan fingerprint density at radius 3 is 2.19 bits per heavy atom. The molecule has 0 aliphatic carbocycles. The molecule has 0 aliphatic heterocycles. The van der Waals surface area contributed by atoms with Crippen molar-refractivity contribution >= 4 is 61.7 Å². The second-order valence-corrected chi connectivity index (χ2v) is 9.12. The first-order valence-corrected chi connectivity index (χ1v) is 11.7. The molecule has 2 amide bonds. The third-order valence-electron chi connectivity index (χ3n) is 4.48. The summed E-state index contributed by atoms with van der Waals surface area (Å²) in [5.74, 6) is -1.32. The van der Waals surface area contributed by atoms with Gasteiger partial charge >= 0.3 is 0 Å². The molecule has 31 heavy (non-hydrogen) atoms. The molecule has 164 valence electrons. The fraction of sp³-hybridized carbons (Fsp3) is 0.200. The fourth-order valence-corrected chi connectivity index (χ4v) is 5.05. The fourth-order valence-electron chi connectivity index (χ4n) is 3.00. The number of halogens is 2. The van der Waals surface area contributed by atoms with Crippen molar-refractivity contribution in [1.29, 1.82) is 0 Å². The number of sulfonamides is 1. The highest BCUT2D eigenvalue weighted by Gasteiger charge is 2.24. The summed E-state index contributed by atoms with van der Waals surface area (Å²) in [6.07, 6.45) is 0. The number of furan rings is 1. The van der Waals surface area contributed by atoms with Crippen LogP contribution in [0.3, 0.4) is 0 Å². The topological polar surface area (TPSA) is 123 Å². The second kappa shape index (κ2) is 9.69. The van der Waals surface area contributed by atoms with Gasteiger partial charge in [0.05, 0.1) is 4.90 Å². The Morgan fingerprint density at radius 2 is 1.61 bits per heavy atom.